The van der Waals surface area contributed by atoms with Crippen molar-refractivity contribution in [2.24, 2.45) is 0 Å². The topological polar surface area (TPSA) is 89.3 Å². The molecule has 0 aliphatic carbocycles. The molecule has 1 amide bonds. The smallest absolute Gasteiger partial charge is 0.235 e. The van der Waals surface area contributed by atoms with Crippen molar-refractivity contribution in [1.29, 1.82) is 0 Å². The Kier molecular flexibility index (Phi) is 3.77. The predicted octanol–water partition coefficient (Wildman–Crippen LogP) is 0.442. The number of carbonyl (C=O) groups is 1. The maximum Gasteiger partial charge on any atom is 0.235 e. The van der Waals surface area contributed by atoms with Crippen LogP contribution in [0.4, 0.5) is 5.69 Å². The van der Waals surface area contributed by atoms with Gasteiger partial charge in [-0.05, 0) is 18.2 Å². The summed E-state index contributed by atoms with van der Waals surface area (Å²) in [4.78, 5) is 10.9. The van der Waals surface area contributed by atoms with Gasteiger partial charge in [0.1, 0.15) is 5.75 Å². The summed E-state index contributed by atoms with van der Waals surface area (Å²) in [6, 6.07) is 4.03. The number of hydrogen-bond donors (Lipinski definition) is 2. The summed E-state index contributed by atoms with van der Waals surface area (Å²) in [5, 5.41) is 2.58. The molecule has 0 heterocycles. The molecule has 0 aliphatic rings. The molecule has 3 N–H and O–H groups in total. The van der Waals surface area contributed by atoms with Gasteiger partial charge in [0.15, 0.2) is 9.84 Å². The molecule has 88 valence electrons. The molecular formula is C9H11ClN2O3S. The lowest BCUT2D eigenvalue weighted by Crippen LogP contribution is -2.27. The van der Waals surface area contributed by atoms with Crippen molar-refractivity contribution < 1.29 is 13.2 Å². The van der Waals surface area contributed by atoms with Crippen LogP contribution in [0.5, 0.6) is 0 Å². The SMILES string of the molecule is CNC(=O)CS(=O)(=O)c1ccc(Cl)cc1N. The van der Waals surface area contributed by atoms with Gasteiger partial charge in [0.2, 0.25) is 5.91 Å². The molecule has 0 saturated carbocycles. The fourth-order valence-corrected chi connectivity index (χ4v) is 2.64. The molecule has 5 nitrogen and oxygen atoms in total. The van der Waals surface area contributed by atoms with Crippen LogP contribution in [0.2, 0.25) is 5.02 Å². The fourth-order valence-electron chi connectivity index (χ4n) is 1.13. The Balaban J connectivity index is 3.13. The molecule has 0 saturated heterocycles. The molecule has 1 aromatic carbocycles. The first-order valence-corrected chi connectivity index (χ1v) is 6.38. The Morgan fingerprint density at radius 1 is 1.50 bits per heavy atom. The highest BCUT2D eigenvalue weighted by Gasteiger charge is 2.21. The first kappa shape index (κ1) is 12.8. The summed E-state index contributed by atoms with van der Waals surface area (Å²) in [7, 11) is -2.35. The highest BCUT2D eigenvalue weighted by Crippen LogP contribution is 2.23. The van der Waals surface area contributed by atoms with Crippen LogP contribution in [-0.4, -0.2) is 27.1 Å². The number of carbonyl (C=O) groups excluding carboxylic acids is 1. The first-order chi connectivity index (χ1) is 7.36. The number of benzene rings is 1. The summed E-state index contributed by atoms with van der Waals surface area (Å²) in [5.41, 5.74) is 5.57. The van der Waals surface area contributed by atoms with E-state index in [4.69, 9.17) is 17.3 Å². The average molecular weight is 263 g/mol. The van der Waals surface area contributed by atoms with E-state index in [-0.39, 0.29) is 10.6 Å². The van der Waals surface area contributed by atoms with Gasteiger partial charge in [0.25, 0.3) is 0 Å². The maximum atomic E-state index is 11.7. The number of anilines is 1. The van der Waals surface area contributed by atoms with Gasteiger partial charge in [-0.3, -0.25) is 4.79 Å². The van der Waals surface area contributed by atoms with Crippen molar-refractivity contribution in [2.45, 2.75) is 4.90 Å². The van der Waals surface area contributed by atoms with Crippen molar-refractivity contribution in [3.05, 3.63) is 23.2 Å². The molecule has 0 atom stereocenters. The zero-order valence-electron chi connectivity index (χ0n) is 8.53. The normalized spacial score (nSPS) is 11.1. The summed E-state index contributed by atoms with van der Waals surface area (Å²) >= 11 is 5.65. The number of nitrogens with one attached hydrogen (secondary N) is 1. The largest absolute Gasteiger partial charge is 0.398 e. The van der Waals surface area contributed by atoms with E-state index in [0.29, 0.717) is 5.02 Å². The average Bonchev–Trinajstić information content (AvgIpc) is 2.16. The fraction of sp³-hybridized carbons (Fsp3) is 0.222. The summed E-state index contributed by atoms with van der Waals surface area (Å²) in [6.07, 6.45) is 0. The van der Waals surface area contributed by atoms with Crippen molar-refractivity contribution >= 4 is 33.0 Å². The lowest BCUT2D eigenvalue weighted by Gasteiger charge is -2.06. The third-order valence-corrected chi connectivity index (χ3v) is 3.83. The van der Waals surface area contributed by atoms with Crippen LogP contribution in [0.3, 0.4) is 0 Å². The quantitative estimate of drug-likeness (QED) is 0.774. The lowest BCUT2D eigenvalue weighted by atomic mass is 10.3. The Morgan fingerprint density at radius 2 is 2.12 bits per heavy atom. The minimum atomic E-state index is -3.71. The van der Waals surface area contributed by atoms with E-state index in [1.807, 2.05) is 0 Å². The highest BCUT2D eigenvalue weighted by atomic mass is 35.5. The minimum Gasteiger partial charge on any atom is -0.398 e. The van der Waals surface area contributed by atoms with Crippen LogP contribution in [0, 0.1) is 0 Å². The van der Waals surface area contributed by atoms with Gasteiger partial charge in [-0.15, -0.1) is 0 Å². The van der Waals surface area contributed by atoms with Crippen LogP contribution in [-0.2, 0) is 14.6 Å². The van der Waals surface area contributed by atoms with Crippen molar-refractivity contribution in [3.63, 3.8) is 0 Å². The maximum absolute atomic E-state index is 11.7. The second-order valence-electron chi connectivity index (χ2n) is 3.11. The van der Waals surface area contributed by atoms with Crippen LogP contribution < -0.4 is 11.1 Å². The zero-order chi connectivity index (χ0) is 12.3. The Labute approximate surface area is 98.5 Å². The molecular weight excluding hydrogens is 252 g/mol. The van der Waals surface area contributed by atoms with E-state index in [0.717, 1.165) is 0 Å². The standard InChI is InChI=1S/C9H11ClN2O3S/c1-12-9(13)5-16(14,15)8-3-2-6(10)4-7(8)11/h2-4H,5,11H2,1H3,(H,12,13). The van der Waals surface area contributed by atoms with Crippen LogP contribution in [0.25, 0.3) is 0 Å². The highest BCUT2D eigenvalue weighted by molar-refractivity contribution is 7.92. The second-order valence-corrected chi connectivity index (χ2v) is 5.51. The second kappa shape index (κ2) is 4.71. The molecule has 0 aromatic heterocycles. The number of rotatable bonds is 3. The van der Waals surface area contributed by atoms with E-state index in [9.17, 15) is 13.2 Å². The molecule has 0 bridgehead atoms. The molecule has 16 heavy (non-hydrogen) atoms. The molecule has 1 rings (SSSR count). The Bertz CT molecular complexity index is 513. The van der Waals surface area contributed by atoms with E-state index in [1.54, 1.807) is 0 Å². The molecule has 0 aliphatic heterocycles. The summed E-state index contributed by atoms with van der Waals surface area (Å²) < 4.78 is 23.5. The predicted molar refractivity (Wildman–Crippen MR) is 62.0 cm³/mol. The number of nitrogens with two attached hydrogens (primary N) is 1. The van der Waals surface area contributed by atoms with Crippen LogP contribution >= 0.6 is 11.6 Å². The summed E-state index contributed by atoms with van der Waals surface area (Å²) in [5.74, 6) is -1.22. The molecule has 0 radical (unpaired) electrons. The van der Waals surface area contributed by atoms with Crippen LogP contribution in [0.1, 0.15) is 0 Å². The number of nitrogen functional groups attached to an aromatic ring is 1. The van der Waals surface area contributed by atoms with Gasteiger partial charge >= 0.3 is 0 Å². The molecule has 0 fully saturated rings. The molecule has 1 aromatic rings. The molecule has 0 spiro atoms. The van der Waals surface area contributed by atoms with E-state index < -0.39 is 21.5 Å². The zero-order valence-corrected chi connectivity index (χ0v) is 10.1. The van der Waals surface area contributed by atoms with E-state index in [1.165, 1.54) is 25.2 Å². The molecule has 7 heteroatoms. The lowest BCUT2D eigenvalue weighted by molar-refractivity contribution is -0.118. The molecule has 0 unspecified atom stereocenters. The van der Waals surface area contributed by atoms with E-state index in [2.05, 4.69) is 5.32 Å². The van der Waals surface area contributed by atoms with Gasteiger partial charge < -0.3 is 11.1 Å². The third kappa shape index (κ3) is 2.86. The van der Waals surface area contributed by atoms with Gasteiger partial charge in [0.05, 0.1) is 10.6 Å². The van der Waals surface area contributed by atoms with Gasteiger partial charge in [-0.2, -0.15) is 0 Å². The number of sulfone groups is 1. The monoisotopic (exact) mass is 262 g/mol. The van der Waals surface area contributed by atoms with Gasteiger partial charge in [-0.25, -0.2) is 8.42 Å². The minimum absolute atomic E-state index is 0.0383. The van der Waals surface area contributed by atoms with Crippen LogP contribution in [0.15, 0.2) is 23.1 Å². The number of amides is 1. The number of halogens is 1. The van der Waals surface area contributed by atoms with Crippen molar-refractivity contribution in [1.82, 2.24) is 5.32 Å². The van der Waals surface area contributed by atoms with Crippen molar-refractivity contribution in [2.75, 3.05) is 18.5 Å². The van der Waals surface area contributed by atoms with Gasteiger partial charge in [0, 0.05) is 12.1 Å². The van der Waals surface area contributed by atoms with Crippen molar-refractivity contribution in [3.8, 4) is 0 Å². The Hall–Kier alpha value is -1.27. The number of hydrogen-bond acceptors (Lipinski definition) is 4. The van der Waals surface area contributed by atoms with E-state index >= 15 is 0 Å². The third-order valence-electron chi connectivity index (χ3n) is 1.91. The summed E-state index contributed by atoms with van der Waals surface area (Å²) in [6.45, 7) is 0. The Morgan fingerprint density at radius 3 is 2.62 bits per heavy atom. The van der Waals surface area contributed by atoms with Gasteiger partial charge in [-0.1, -0.05) is 11.6 Å². The first-order valence-electron chi connectivity index (χ1n) is 4.35.